The van der Waals surface area contributed by atoms with Gasteiger partial charge in [-0.2, -0.15) is 0 Å². The lowest BCUT2D eigenvalue weighted by atomic mass is 10.0. The molecule has 0 unspecified atom stereocenters. The predicted octanol–water partition coefficient (Wildman–Crippen LogP) is 3.94. The molecule has 1 amide bonds. The van der Waals surface area contributed by atoms with Gasteiger partial charge in [-0.05, 0) is 67.2 Å². The molecule has 2 heterocycles. The van der Waals surface area contributed by atoms with Crippen LogP contribution in [0.4, 0.5) is 5.82 Å². The molecule has 2 aromatic rings. The number of nitrogens with zero attached hydrogens (tertiary/aromatic N) is 4. The van der Waals surface area contributed by atoms with E-state index in [0.717, 1.165) is 86.7 Å². The van der Waals surface area contributed by atoms with E-state index in [9.17, 15) is 4.79 Å². The molecule has 3 rings (SSSR count). The zero-order valence-electron chi connectivity index (χ0n) is 18.6. The van der Waals surface area contributed by atoms with Crippen molar-refractivity contribution in [1.29, 1.82) is 0 Å². The highest BCUT2D eigenvalue weighted by atomic mass is 32.1. The van der Waals surface area contributed by atoms with Crippen molar-refractivity contribution in [3.8, 4) is 0 Å². The summed E-state index contributed by atoms with van der Waals surface area (Å²) in [6, 6.07) is 10.7. The Morgan fingerprint density at radius 2 is 1.83 bits per heavy atom. The van der Waals surface area contributed by atoms with E-state index in [1.807, 2.05) is 4.90 Å². The van der Waals surface area contributed by atoms with Gasteiger partial charge in [-0.25, -0.2) is 4.98 Å². The number of hydrogen-bond acceptors (Lipinski definition) is 5. The van der Waals surface area contributed by atoms with Gasteiger partial charge in [0.15, 0.2) is 0 Å². The average molecular weight is 427 g/mol. The van der Waals surface area contributed by atoms with E-state index in [1.54, 1.807) is 6.92 Å². The molecule has 1 aromatic carbocycles. The van der Waals surface area contributed by atoms with E-state index in [4.69, 9.17) is 17.2 Å². The number of pyridine rings is 1. The number of amides is 1. The normalized spacial score (nSPS) is 14.5. The molecular formula is C24H34N4OS. The summed E-state index contributed by atoms with van der Waals surface area (Å²) in [5, 5.41) is 1.16. The molecule has 5 nitrogen and oxygen atoms in total. The lowest BCUT2D eigenvalue weighted by Gasteiger charge is -2.35. The second-order valence-electron chi connectivity index (χ2n) is 8.04. The molecule has 1 saturated heterocycles. The molecule has 0 bridgehead atoms. The first-order valence-electron chi connectivity index (χ1n) is 11.1. The van der Waals surface area contributed by atoms with Gasteiger partial charge < -0.3 is 14.7 Å². The van der Waals surface area contributed by atoms with Gasteiger partial charge in [0.25, 0.3) is 0 Å². The number of anilines is 1. The second kappa shape index (κ2) is 10.8. The summed E-state index contributed by atoms with van der Waals surface area (Å²) < 4.78 is 0. The van der Waals surface area contributed by atoms with Crippen LogP contribution in [0, 0.1) is 0 Å². The first-order chi connectivity index (χ1) is 14.5. The first kappa shape index (κ1) is 22.6. The maximum absolute atomic E-state index is 11.5. The molecule has 0 spiro atoms. The van der Waals surface area contributed by atoms with E-state index >= 15 is 0 Å². The molecule has 0 aliphatic carbocycles. The van der Waals surface area contributed by atoms with E-state index in [0.29, 0.717) is 0 Å². The summed E-state index contributed by atoms with van der Waals surface area (Å²) in [6.45, 7) is 12.6. The molecule has 0 N–H and O–H groups in total. The SMILES string of the molecule is CCN(CC)CCCC(=S)Cc1ccc2nc(N3CCN(C(C)=O)CC3)ccc2c1. The highest BCUT2D eigenvalue weighted by Crippen LogP contribution is 2.21. The summed E-state index contributed by atoms with van der Waals surface area (Å²) in [6.07, 6.45) is 3.00. The van der Waals surface area contributed by atoms with Crippen LogP contribution in [0.25, 0.3) is 10.9 Å². The van der Waals surface area contributed by atoms with Crippen molar-refractivity contribution < 1.29 is 4.79 Å². The van der Waals surface area contributed by atoms with E-state index in [1.165, 1.54) is 5.56 Å². The number of piperazine rings is 1. The zero-order chi connectivity index (χ0) is 21.5. The summed E-state index contributed by atoms with van der Waals surface area (Å²) >= 11 is 5.65. The number of thiocarbonyl (C=S) groups is 1. The Balaban J connectivity index is 1.57. The van der Waals surface area contributed by atoms with Crippen LogP contribution in [-0.4, -0.2) is 71.4 Å². The van der Waals surface area contributed by atoms with Gasteiger partial charge in [-0.1, -0.05) is 32.1 Å². The van der Waals surface area contributed by atoms with Crippen LogP contribution in [-0.2, 0) is 11.2 Å². The lowest BCUT2D eigenvalue weighted by molar-refractivity contribution is -0.129. The lowest BCUT2D eigenvalue weighted by Crippen LogP contribution is -2.48. The third-order valence-corrected chi connectivity index (χ3v) is 6.36. The smallest absolute Gasteiger partial charge is 0.219 e. The minimum absolute atomic E-state index is 0.152. The number of aromatic nitrogens is 1. The van der Waals surface area contributed by atoms with E-state index < -0.39 is 0 Å². The van der Waals surface area contributed by atoms with Crippen molar-refractivity contribution in [3.05, 3.63) is 35.9 Å². The molecule has 6 heteroatoms. The Bertz CT molecular complexity index is 873. The van der Waals surface area contributed by atoms with Gasteiger partial charge in [0, 0.05) is 44.9 Å². The molecular weight excluding hydrogens is 392 g/mol. The van der Waals surface area contributed by atoms with Crippen molar-refractivity contribution in [3.63, 3.8) is 0 Å². The molecule has 1 fully saturated rings. The molecule has 162 valence electrons. The number of hydrogen-bond donors (Lipinski definition) is 0. The van der Waals surface area contributed by atoms with Crippen LogP contribution in [0.1, 0.15) is 39.2 Å². The minimum atomic E-state index is 0.152. The number of benzene rings is 1. The fraction of sp³-hybridized carbons (Fsp3) is 0.542. The summed E-state index contributed by atoms with van der Waals surface area (Å²) in [7, 11) is 0. The number of fused-ring (bicyclic) bond motifs is 1. The Labute approximate surface area is 186 Å². The predicted molar refractivity (Wildman–Crippen MR) is 130 cm³/mol. The van der Waals surface area contributed by atoms with Gasteiger partial charge >= 0.3 is 0 Å². The molecule has 30 heavy (non-hydrogen) atoms. The molecule has 1 aliphatic heterocycles. The fourth-order valence-corrected chi connectivity index (χ4v) is 4.37. The van der Waals surface area contributed by atoms with Crippen molar-refractivity contribution in [2.45, 2.75) is 40.0 Å². The Hall–Kier alpha value is -2.05. The number of carbonyl (C=O) groups excluding carboxylic acids is 1. The van der Waals surface area contributed by atoms with Gasteiger partial charge in [-0.3, -0.25) is 4.79 Å². The summed E-state index contributed by atoms with van der Waals surface area (Å²) in [5.74, 6) is 1.14. The molecule has 0 saturated carbocycles. The third kappa shape index (κ3) is 5.99. The highest BCUT2D eigenvalue weighted by molar-refractivity contribution is 7.80. The summed E-state index contributed by atoms with van der Waals surface area (Å²) in [4.78, 5) is 24.1. The van der Waals surface area contributed by atoms with Crippen LogP contribution >= 0.6 is 12.2 Å². The molecule has 1 aromatic heterocycles. The maximum Gasteiger partial charge on any atom is 0.219 e. The van der Waals surface area contributed by atoms with Crippen molar-refractivity contribution in [2.24, 2.45) is 0 Å². The van der Waals surface area contributed by atoms with Crippen molar-refractivity contribution in [1.82, 2.24) is 14.8 Å². The van der Waals surface area contributed by atoms with Crippen LogP contribution in [0.2, 0.25) is 0 Å². The van der Waals surface area contributed by atoms with E-state index in [-0.39, 0.29) is 5.91 Å². The maximum atomic E-state index is 11.5. The third-order valence-electron chi connectivity index (χ3n) is 6.01. The molecule has 0 atom stereocenters. The standard InChI is InChI=1S/C24H34N4OS/c1-4-26(5-2)12-6-7-22(30)18-20-8-10-23-21(17-20)9-11-24(25-23)28-15-13-27(14-16-28)19(3)29/h8-11,17H,4-7,12-16,18H2,1-3H3. The topological polar surface area (TPSA) is 39.7 Å². The van der Waals surface area contributed by atoms with Crippen molar-refractivity contribution in [2.75, 3.05) is 50.7 Å². The first-order valence-corrected chi connectivity index (χ1v) is 11.5. The summed E-state index contributed by atoms with van der Waals surface area (Å²) in [5.41, 5.74) is 2.28. The Morgan fingerprint density at radius 1 is 1.10 bits per heavy atom. The molecule has 0 radical (unpaired) electrons. The zero-order valence-corrected chi connectivity index (χ0v) is 19.4. The van der Waals surface area contributed by atoms with Gasteiger partial charge in [-0.15, -0.1) is 0 Å². The fourth-order valence-electron chi connectivity index (χ4n) is 4.06. The van der Waals surface area contributed by atoms with Crippen LogP contribution in [0.5, 0.6) is 0 Å². The van der Waals surface area contributed by atoms with Gasteiger partial charge in [0.1, 0.15) is 5.82 Å². The largest absolute Gasteiger partial charge is 0.353 e. The Morgan fingerprint density at radius 3 is 2.50 bits per heavy atom. The average Bonchev–Trinajstić information content (AvgIpc) is 2.76. The molecule has 1 aliphatic rings. The number of carbonyl (C=O) groups is 1. The highest BCUT2D eigenvalue weighted by Gasteiger charge is 2.19. The van der Waals surface area contributed by atoms with Crippen LogP contribution in [0.3, 0.4) is 0 Å². The van der Waals surface area contributed by atoms with Crippen LogP contribution in [0.15, 0.2) is 30.3 Å². The Kier molecular flexibility index (Phi) is 8.16. The quantitative estimate of drug-likeness (QED) is 0.568. The second-order valence-corrected chi connectivity index (χ2v) is 8.61. The van der Waals surface area contributed by atoms with Gasteiger partial charge in [0.05, 0.1) is 5.52 Å². The van der Waals surface area contributed by atoms with Gasteiger partial charge in [0.2, 0.25) is 5.91 Å². The number of rotatable bonds is 9. The van der Waals surface area contributed by atoms with E-state index in [2.05, 4.69) is 54.0 Å². The van der Waals surface area contributed by atoms with Crippen molar-refractivity contribution >= 4 is 39.7 Å². The minimum Gasteiger partial charge on any atom is -0.353 e. The van der Waals surface area contributed by atoms with Crippen LogP contribution < -0.4 is 4.90 Å². The monoisotopic (exact) mass is 426 g/mol.